The summed E-state index contributed by atoms with van der Waals surface area (Å²) in [7, 11) is 0. The lowest BCUT2D eigenvalue weighted by atomic mass is 10.2. The van der Waals surface area contributed by atoms with Gasteiger partial charge in [0.25, 0.3) is 0 Å². The van der Waals surface area contributed by atoms with Crippen LogP contribution < -0.4 is 5.32 Å². The summed E-state index contributed by atoms with van der Waals surface area (Å²) in [4.78, 5) is 1.21. The molecule has 1 aromatic heterocycles. The molecule has 0 saturated carbocycles. The first-order valence-electron chi connectivity index (χ1n) is 7.07. The van der Waals surface area contributed by atoms with Crippen molar-refractivity contribution in [2.75, 3.05) is 6.54 Å². The molecule has 0 aliphatic rings. The molecule has 0 spiro atoms. The fourth-order valence-electron chi connectivity index (χ4n) is 1.85. The monoisotopic (exact) mass is 291 g/mol. The van der Waals surface area contributed by atoms with Crippen molar-refractivity contribution >= 4 is 11.8 Å². The smallest absolute Gasteiger partial charge is 0.233 e. The van der Waals surface area contributed by atoms with E-state index in [0.717, 1.165) is 19.4 Å². The number of thioether (sulfide) groups is 1. The molecule has 1 heterocycles. The van der Waals surface area contributed by atoms with Gasteiger partial charge in [0.15, 0.2) is 0 Å². The van der Waals surface area contributed by atoms with Crippen molar-refractivity contribution in [3.63, 3.8) is 0 Å². The number of benzene rings is 1. The second-order valence-corrected chi connectivity index (χ2v) is 5.60. The molecule has 0 amide bonds. The van der Waals surface area contributed by atoms with Gasteiger partial charge >= 0.3 is 0 Å². The van der Waals surface area contributed by atoms with E-state index in [1.54, 1.807) is 11.8 Å². The predicted octanol–water partition coefficient (Wildman–Crippen LogP) is 3.81. The highest BCUT2D eigenvalue weighted by Gasteiger charge is 2.16. The molecule has 108 valence electrons. The first-order valence-corrected chi connectivity index (χ1v) is 8.05. The molecule has 0 fully saturated rings. The quantitative estimate of drug-likeness (QED) is 0.749. The molecule has 1 atom stereocenters. The topological polar surface area (TPSA) is 51.0 Å². The maximum Gasteiger partial charge on any atom is 0.233 e. The molecule has 2 aromatic rings. The van der Waals surface area contributed by atoms with Crippen LogP contribution in [0.5, 0.6) is 0 Å². The SMILES string of the molecule is CCCNC(CC)c1nnc(CSc2ccccc2)o1. The van der Waals surface area contributed by atoms with Gasteiger partial charge in [-0.2, -0.15) is 0 Å². The molecular weight excluding hydrogens is 270 g/mol. The van der Waals surface area contributed by atoms with Crippen LogP contribution in [0.2, 0.25) is 0 Å². The Morgan fingerprint density at radius 1 is 1.20 bits per heavy atom. The van der Waals surface area contributed by atoms with Crippen LogP contribution in [0.4, 0.5) is 0 Å². The van der Waals surface area contributed by atoms with Gasteiger partial charge in [-0.3, -0.25) is 0 Å². The van der Waals surface area contributed by atoms with E-state index in [9.17, 15) is 0 Å². The minimum atomic E-state index is 0.165. The summed E-state index contributed by atoms with van der Waals surface area (Å²) in [6, 6.07) is 10.4. The third-order valence-corrected chi connectivity index (χ3v) is 3.93. The first-order chi connectivity index (χ1) is 9.83. The number of hydrogen-bond acceptors (Lipinski definition) is 5. The van der Waals surface area contributed by atoms with Crippen LogP contribution in [0.25, 0.3) is 0 Å². The molecule has 2 rings (SSSR count). The van der Waals surface area contributed by atoms with E-state index in [4.69, 9.17) is 4.42 Å². The lowest BCUT2D eigenvalue weighted by Gasteiger charge is -2.11. The van der Waals surface area contributed by atoms with Crippen LogP contribution in [0.3, 0.4) is 0 Å². The van der Waals surface area contributed by atoms with Crippen molar-refractivity contribution in [2.45, 2.75) is 43.4 Å². The highest BCUT2D eigenvalue weighted by Crippen LogP contribution is 2.23. The Balaban J connectivity index is 1.91. The average Bonchev–Trinajstić information content (AvgIpc) is 2.96. The maximum atomic E-state index is 5.75. The van der Waals surface area contributed by atoms with Crippen molar-refractivity contribution in [1.29, 1.82) is 0 Å². The molecule has 0 bridgehead atoms. The highest BCUT2D eigenvalue weighted by molar-refractivity contribution is 7.98. The van der Waals surface area contributed by atoms with Crippen LogP contribution in [0.15, 0.2) is 39.6 Å². The second kappa shape index (κ2) is 8.07. The van der Waals surface area contributed by atoms with Gasteiger partial charge < -0.3 is 9.73 Å². The van der Waals surface area contributed by atoms with E-state index in [1.165, 1.54) is 4.90 Å². The minimum Gasteiger partial charge on any atom is -0.423 e. The predicted molar refractivity (Wildman–Crippen MR) is 81.6 cm³/mol. The summed E-state index contributed by atoms with van der Waals surface area (Å²) in [6.45, 7) is 5.24. The molecule has 0 radical (unpaired) electrons. The largest absolute Gasteiger partial charge is 0.423 e. The highest BCUT2D eigenvalue weighted by atomic mass is 32.2. The number of hydrogen-bond donors (Lipinski definition) is 1. The summed E-state index contributed by atoms with van der Waals surface area (Å²) in [5, 5.41) is 11.7. The van der Waals surface area contributed by atoms with Crippen LogP contribution in [-0.4, -0.2) is 16.7 Å². The Kier molecular flexibility index (Phi) is 6.08. The molecule has 20 heavy (non-hydrogen) atoms. The molecule has 5 heteroatoms. The zero-order chi connectivity index (χ0) is 14.2. The first kappa shape index (κ1) is 15.1. The number of aromatic nitrogens is 2. The maximum absolute atomic E-state index is 5.75. The third kappa shape index (κ3) is 4.35. The Labute approximate surface area is 124 Å². The van der Waals surface area contributed by atoms with Gasteiger partial charge in [0.1, 0.15) is 0 Å². The minimum absolute atomic E-state index is 0.165. The second-order valence-electron chi connectivity index (χ2n) is 4.55. The van der Waals surface area contributed by atoms with Crippen LogP contribution in [0, 0.1) is 0 Å². The summed E-state index contributed by atoms with van der Waals surface area (Å²) < 4.78 is 5.75. The fraction of sp³-hybridized carbons (Fsp3) is 0.467. The Bertz CT molecular complexity index is 501. The van der Waals surface area contributed by atoms with Crippen molar-refractivity contribution in [2.24, 2.45) is 0 Å². The lowest BCUT2D eigenvalue weighted by Crippen LogP contribution is -2.21. The molecule has 0 aliphatic heterocycles. The number of nitrogens with zero attached hydrogens (tertiary/aromatic N) is 2. The van der Waals surface area contributed by atoms with E-state index in [0.29, 0.717) is 17.5 Å². The summed E-state index contributed by atoms with van der Waals surface area (Å²) in [5.74, 6) is 2.09. The van der Waals surface area contributed by atoms with Gasteiger partial charge in [0.2, 0.25) is 11.8 Å². The molecule has 1 N–H and O–H groups in total. The number of nitrogens with one attached hydrogen (secondary N) is 1. The fourth-order valence-corrected chi connectivity index (χ4v) is 2.61. The van der Waals surface area contributed by atoms with Gasteiger partial charge in [0, 0.05) is 4.90 Å². The molecule has 1 unspecified atom stereocenters. The van der Waals surface area contributed by atoms with Crippen molar-refractivity contribution in [3.05, 3.63) is 42.1 Å². The van der Waals surface area contributed by atoms with Crippen molar-refractivity contribution in [3.8, 4) is 0 Å². The zero-order valence-corrected chi connectivity index (χ0v) is 12.8. The Morgan fingerprint density at radius 3 is 2.70 bits per heavy atom. The van der Waals surface area contributed by atoms with E-state index < -0.39 is 0 Å². The zero-order valence-electron chi connectivity index (χ0n) is 12.0. The molecule has 0 aliphatic carbocycles. The van der Waals surface area contributed by atoms with Crippen LogP contribution in [-0.2, 0) is 5.75 Å². The summed E-state index contributed by atoms with van der Waals surface area (Å²) in [6.07, 6.45) is 2.05. The Morgan fingerprint density at radius 2 is 2.00 bits per heavy atom. The molecule has 4 nitrogen and oxygen atoms in total. The lowest BCUT2D eigenvalue weighted by molar-refractivity contribution is 0.379. The van der Waals surface area contributed by atoms with Crippen molar-refractivity contribution in [1.82, 2.24) is 15.5 Å². The van der Waals surface area contributed by atoms with E-state index in [-0.39, 0.29) is 6.04 Å². The van der Waals surface area contributed by atoms with E-state index >= 15 is 0 Å². The van der Waals surface area contributed by atoms with Crippen LogP contribution in [0.1, 0.15) is 44.5 Å². The average molecular weight is 291 g/mol. The normalized spacial score (nSPS) is 12.5. The van der Waals surface area contributed by atoms with E-state index in [2.05, 4.69) is 41.5 Å². The van der Waals surface area contributed by atoms with Gasteiger partial charge in [-0.1, -0.05) is 32.0 Å². The molecular formula is C15H21N3OS. The molecule has 1 aromatic carbocycles. The van der Waals surface area contributed by atoms with Gasteiger partial charge in [-0.15, -0.1) is 22.0 Å². The Hall–Kier alpha value is -1.33. The van der Waals surface area contributed by atoms with Crippen molar-refractivity contribution < 1.29 is 4.42 Å². The third-order valence-electron chi connectivity index (χ3n) is 2.94. The van der Waals surface area contributed by atoms with Gasteiger partial charge in [-0.05, 0) is 31.5 Å². The van der Waals surface area contributed by atoms with E-state index in [1.807, 2.05) is 18.2 Å². The summed E-state index contributed by atoms with van der Waals surface area (Å²) >= 11 is 1.71. The summed E-state index contributed by atoms with van der Waals surface area (Å²) in [5.41, 5.74) is 0. The molecule has 0 saturated heterocycles. The van der Waals surface area contributed by atoms with Crippen LogP contribution >= 0.6 is 11.8 Å². The number of rotatable bonds is 8. The standard InChI is InChI=1S/C15H21N3OS/c1-3-10-16-13(4-2)15-18-17-14(19-15)11-20-12-8-6-5-7-9-12/h5-9,13,16H,3-4,10-11H2,1-2H3. The van der Waals surface area contributed by atoms with Gasteiger partial charge in [-0.25, -0.2) is 0 Å². The van der Waals surface area contributed by atoms with Gasteiger partial charge in [0.05, 0.1) is 11.8 Å².